The number of hydrogen-bond acceptors (Lipinski definition) is 3. The fraction of sp³-hybridized carbons (Fsp3) is 0.188. The summed E-state index contributed by atoms with van der Waals surface area (Å²) in [6.07, 6.45) is 3.47. The van der Waals surface area contributed by atoms with Crippen molar-refractivity contribution in [1.82, 2.24) is 4.98 Å². The Morgan fingerprint density at radius 2 is 2.05 bits per heavy atom. The Hall–Kier alpha value is -2.13. The quantitative estimate of drug-likeness (QED) is 0.777. The molecule has 0 aliphatic heterocycles. The lowest BCUT2D eigenvalue weighted by Gasteiger charge is -2.13. The zero-order chi connectivity index (χ0) is 13.2. The average Bonchev–Trinajstić information content (AvgIpc) is 2.94. The van der Waals surface area contributed by atoms with E-state index in [0.717, 1.165) is 34.2 Å². The van der Waals surface area contributed by atoms with Gasteiger partial charge in [-0.05, 0) is 23.8 Å². The number of aromatic nitrogens is 1. The number of pyridine rings is 1. The number of nitrogens with zero attached hydrogens (tertiary/aromatic N) is 1. The van der Waals surface area contributed by atoms with Gasteiger partial charge in [0.25, 0.3) is 0 Å². The first kappa shape index (κ1) is 11.9. The molecule has 1 aromatic carbocycles. The van der Waals surface area contributed by atoms with Crippen molar-refractivity contribution in [2.75, 3.05) is 0 Å². The number of fused-ring (bicyclic) bond motifs is 1. The zero-order valence-electron chi connectivity index (χ0n) is 10.7. The van der Waals surface area contributed by atoms with Crippen molar-refractivity contribution < 1.29 is 9.52 Å². The first-order chi connectivity index (χ1) is 9.31. The highest BCUT2D eigenvalue weighted by molar-refractivity contribution is 5.82. The second-order valence-electron chi connectivity index (χ2n) is 4.47. The van der Waals surface area contributed by atoms with Gasteiger partial charge in [0, 0.05) is 23.6 Å². The number of aliphatic hydroxyl groups is 1. The number of hydrogen-bond donors (Lipinski definition) is 1. The molecule has 0 spiro atoms. The molecule has 0 bridgehead atoms. The van der Waals surface area contributed by atoms with Crippen LogP contribution in [0.4, 0.5) is 0 Å². The third-order valence-corrected chi connectivity index (χ3v) is 3.37. The molecule has 3 rings (SSSR count). The fourth-order valence-corrected chi connectivity index (χ4v) is 2.41. The van der Waals surface area contributed by atoms with E-state index in [9.17, 15) is 5.11 Å². The van der Waals surface area contributed by atoms with Gasteiger partial charge >= 0.3 is 0 Å². The van der Waals surface area contributed by atoms with Gasteiger partial charge in [-0.3, -0.25) is 4.98 Å². The molecule has 0 saturated carbocycles. The van der Waals surface area contributed by atoms with Crippen LogP contribution in [0.25, 0.3) is 10.9 Å². The number of rotatable bonds is 3. The molecular weight excluding hydrogens is 238 g/mol. The molecule has 3 heteroatoms. The maximum absolute atomic E-state index is 10.6. The number of aliphatic hydroxyl groups excluding tert-OH is 1. The van der Waals surface area contributed by atoms with Crippen LogP contribution in [0.1, 0.15) is 29.9 Å². The van der Waals surface area contributed by atoms with Crippen molar-refractivity contribution >= 4 is 10.9 Å². The van der Waals surface area contributed by atoms with Crippen LogP contribution in [0.15, 0.2) is 53.3 Å². The van der Waals surface area contributed by atoms with Gasteiger partial charge in [0.05, 0.1) is 11.8 Å². The van der Waals surface area contributed by atoms with Crippen LogP contribution in [-0.4, -0.2) is 10.1 Å². The number of aryl methyl sites for hydroxylation is 1. The molecule has 3 nitrogen and oxygen atoms in total. The number of benzene rings is 1. The predicted molar refractivity (Wildman–Crippen MR) is 73.9 cm³/mol. The van der Waals surface area contributed by atoms with Crippen LogP contribution in [0.2, 0.25) is 0 Å². The Bertz CT molecular complexity index is 697. The molecule has 2 heterocycles. The van der Waals surface area contributed by atoms with E-state index < -0.39 is 6.10 Å². The van der Waals surface area contributed by atoms with Gasteiger partial charge in [-0.1, -0.05) is 25.1 Å². The van der Waals surface area contributed by atoms with E-state index in [1.807, 2.05) is 43.3 Å². The first-order valence-electron chi connectivity index (χ1n) is 6.39. The van der Waals surface area contributed by atoms with E-state index in [-0.39, 0.29) is 0 Å². The van der Waals surface area contributed by atoms with E-state index in [2.05, 4.69) is 4.98 Å². The maximum Gasteiger partial charge on any atom is 0.109 e. The summed E-state index contributed by atoms with van der Waals surface area (Å²) in [5.74, 6) is 0.827. The van der Waals surface area contributed by atoms with Crippen molar-refractivity contribution in [3.8, 4) is 0 Å². The van der Waals surface area contributed by atoms with E-state index in [4.69, 9.17) is 4.42 Å². The van der Waals surface area contributed by atoms with Crippen LogP contribution in [0.5, 0.6) is 0 Å². The Morgan fingerprint density at radius 1 is 1.16 bits per heavy atom. The van der Waals surface area contributed by atoms with Gasteiger partial charge in [0.2, 0.25) is 0 Å². The molecule has 0 radical (unpaired) electrons. The van der Waals surface area contributed by atoms with Gasteiger partial charge in [-0.2, -0.15) is 0 Å². The predicted octanol–water partition coefficient (Wildman–Crippen LogP) is 3.47. The summed E-state index contributed by atoms with van der Waals surface area (Å²) in [6.45, 7) is 2.01. The molecule has 0 aliphatic rings. The first-order valence-corrected chi connectivity index (χ1v) is 6.39. The van der Waals surface area contributed by atoms with Gasteiger partial charge < -0.3 is 9.52 Å². The Labute approximate surface area is 111 Å². The van der Waals surface area contributed by atoms with Crippen LogP contribution in [-0.2, 0) is 6.42 Å². The Balaban J connectivity index is 2.14. The SMILES string of the molecule is CCc1occc1C(O)c1cccc2ncccc12. The molecule has 1 N–H and O–H groups in total. The lowest BCUT2D eigenvalue weighted by molar-refractivity contribution is 0.219. The largest absolute Gasteiger partial charge is 0.469 e. The molecular formula is C16H15NO2. The molecule has 19 heavy (non-hydrogen) atoms. The molecule has 3 aromatic rings. The van der Waals surface area contributed by atoms with Crippen LogP contribution in [0, 0.1) is 0 Å². The Morgan fingerprint density at radius 3 is 2.89 bits per heavy atom. The van der Waals surface area contributed by atoms with Crippen molar-refractivity contribution in [2.24, 2.45) is 0 Å². The van der Waals surface area contributed by atoms with Gasteiger partial charge in [0.15, 0.2) is 0 Å². The fourth-order valence-electron chi connectivity index (χ4n) is 2.41. The summed E-state index contributed by atoms with van der Waals surface area (Å²) < 4.78 is 5.39. The molecule has 96 valence electrons. The molecule has 0 amide bonds. The van der Waals surface area contributed by atoms with E-state index in [1.165, 1.54) is 0 Å². The van der Waals surface area contributed by atoms with E-state index in [0.29, 0.717) is 0 Å². The third kappa shape index (κ3) is 2.02. The molecule has 1 atom stereocenters. The summed E-state index contributed by atoms with van der Waals surface area (Å²) in [4.78, 5) is 4.31. The summed E-state index contributed by atoms with van der Waals surface area (Å²) in [5.41, 5.74) is 2.58. The highest BCUT2D eigenvalue weighted by Crippen LogP contribution is 2.30. The lowest BCUT2D eigenvalue weighted by Crippen LogP contribution is -2.02. The van der Waals surface area contributed by atoms with Crippen molar-refractivity contribution in [3.05, 3.63) is 65.7 Å². The normalized spacial score (nSPS) is 12.7. The molecule has 0 saturated heterocycles. The van der Waals surface area contributed by atoms with E-state index in [1.54, 1.807) is 12.5 Å². The minimum absolute atomic E-state index is 0.679. The second-order valence-corrected chi connectivity index (χ2v) is 4.47. The highest BCUT2D eigenvalue weighted by atomic mass is 16.3. The maximum atomic E-state index is 10.6. The van der Waals surface area contributed by atoms with Gasteiger partial charge in [-0.15, -0.1) is 0 Å². The smallest absolute Gasteiger partial charge is 0.109 e. The van der Waals surface area contributed by atoms with Crippen molar-refractivity contribution in [3.63, 3.8) is 0 Å². The third-order valence-electron chi connectivity index (χ3n) is 3.37. The summed E-state index contributed by atoms with van der Waals surface area (Å²) in [7, 11) is 0. The summed E-state index contributed by atoms with van der Waals surface area (Å²) in [5, 5.41) is 11.6. The van der Waals surface area contributed by atoms with Crippen LogP contribution in [0.3, 0.4) is 0 Å². The Kier molecular flexibility index (Phi) is 3.05. The second kappa shape index (κ2) is 4.86. The van der Waals surface area contributed by atoms with Crippen molar-refractivity contribution in [1.29, 1.82) is 0 Å². The summed E-state index contributed by atoms with van der Waals surface area (Å²) in [6, 6.07) is 11.5. The van der Waals surface area contributed by atoms with Gasteiger partial charge in [-0.25, -0.2) is 0 Å². The molecule has 0 aliphatic carbocycles. The number of furan rings is 1. The molecule has 0 fully saturated rings. The van der Waals surface area contributed by atoms with E-state index >= 15 is 0 Å². The minimum Gasteiger partial charge on any atom is -0.469 e. The average molecular weight is 253 g/mol. The zero-order valence-corrected chi connectivity index (χ0v) is 10.7. The molecule has 2 aromatic heterocycles. The monoisotopic (exact) mass is 253 g/mol. The summed E-state index contributed by atoms with van der Waals surface area (Å²) >= 11 is 0. The lowest BCUT2D eigenvalue weighted by atomic mass is 9.97. The van der Waals surface area contributed by atoms with Crippen LogP contribution < -0.4 is 0 Å². The van der Waals surface area contributed by atoms with Gasteiger partial charge in [0.1, 0.15) is 11.9 Å². The van der Waals surface area contributed by atoms with Crippen LogP contribution >= 0.6 is 0 Å². The molecule has 1 unspecified atom stereocenters. The minimum atomic E-state index is -0.679. The van der Waals surface area contributed by atoms with Crippen molar-refractivity contribution in [2.45, 2.75) is 19.4 Å². The topological polar surface area (TPSA) is 46.3 Å². The highest BCUT2D eigenvalue weighted by Gasteiger charge is 2.18. The standard InChI is InChI=1S/C16H15NO2/c1-2-15-13(8-10-19-15)16(18)12-5-3-7-14-11(12)6-4-9-17-14/h3-10,16,18H,2H2,1H3.